The van der Waals surface area contributed by atoms with Gasteiger partial charge < -0.3 is 25.1 Å². The van der Waals surface area contributed by atoms with Gasteiger partial charge in [-0.05, 0) is 51.4 Å². The van der Waals surface area contributed by atoms with E-state index in [1.54, 1.807) is 12.4 Å². The number of carbonyl (C=O) groups excluding carboxylic acids is 1. The minimum atomic E-state index is -1.99. The van der Waals surface area contributed by atoms with Crippen LogP contribution < -0.4 is 16.0 Å². The van der Waals surface area contributed by atoms with Gasteiger partial charge in [0.25, 0.3) is 0 Å². The summed E-state index contributed by atoms with van der Waals surface area (Å²) < 4.78 is 12.2. The van der Waals surface area contributed by atoms with Crippen LogP contribution >= 0.6 is 0 Å². The zero-order valence-electron chi connectivity index (χ0n) is 19.2. The number of nitrogens with two attached hydrogens (primary N) is 1. The SMILES string of the molecule is CC(C)(C)OC(=O)N[C@H]1CN(c2ccncc2N)CC[C@@H]1O[Si](C)(C)C(C)(C)C. The van der Waals surface area contributed by atoms with Crippen LogP contribution in [0, 0.1) is 0 Å². The highest BCUT2D eigenvalue weighted by Crippen LogP contribution is 2.39. The molecule has 0 saturated carbocycles. The van der Waals surface area contributed by atoms with Crippen LogP contribution in [-0.2, 0) is 9.16 Å². The number of ether oxygens (including phenoxy) is 1. The zero-order valence-corrected chi connectivity index (χ0v) is 20.2. The highest BCUT2D eigenvalue weighted by molar-refractivity contribution is 6.74. The fourth-order valence-electron chi connectivity index (χ4n) is 3.13. The van der Waals surface area contributed by atoms with Crippen molar-refractivity contribution < 1.29 is 14.0 Å². The lowest BCUT2D eigenvalue weighted by molar-refractivity contribution is 0.0414. The fourth-order valence-corrected chi connectivity index (χ4v) is 4.52. The molecule has 2 heterocycles. The summed E-state index contributed by atoms with van der Waals surface area (Å²) in [5.74, 6) is 0. The molecule has 0 bridgehead atoms. The van der Waals surface area contributed by atoms with Crippen LogP contribution in [0.1, 0.15) is 48.0 Å². The smallest absolute Gasteiger partial charge is 0.408 e. The molecule has 29 heavy (non-hydrogen) atoms. The van der Waals surface area contributed by atoms with Gasteiger partial charge in [-0.25, -0.2) is 4.79 Å². The Morgan fingerprint density at radius 3 is 2.48 bits per heavy atom. The molecule has 0 unspecified atom stereocenters. The van der Waals surface area contributed by atoms with E-state index in [9.17, 15) is 4.79 Å². The van der Waals surface area contributed by atoms with E-state index in [0.717, 1.165) is 18.7 Å². The van der Waals surface area contributed by atoms with Gasteiger partial charge in [0.1, 0.15) is 5.60 Å². The summed E-state index contributed by atoms with van der Waals surface area (Å²) in [6, 6.07) is 1.72. The third kappa shape index (κ3) is 6.34. The molecule has 164 valence electrons. The van der Waals surface area contributed by atoms with Crippen molar-refractivity contribution in [3.05, 3.63) is 18.5 Å². The lowest BCUT2D eigenvalue weighted by atomic mass is 10.0. The molecule has 0 aliphatic carbocycles. The quantitative estimate of drug-likeness (QED) is 0.708. The standard InChI is InChI=1S/C21H38N4O3Si/c1-20(2,3)27-19(26)24-16-14-25(17-9-11-23-13-15(17)22)12-10-18(16)28-29(7,8)21(4,5)6/h9,11,13,16,18H,10,12,14,22H2,1-8H3,(H,24,26)/t16-,18-/m0/s1. The summed E-state index contributed by atoms with van der Waals surface area (Å²) in [5.41, 5.74) is 7.15. The van der Waals surface area contributed by atoms with Crippen molar-refractivity contribution in [2.75, 3.05) is 23.7 Å². The average Bonchev–Trinajstić information content (AvgIpc) is 2.54. The zero-order chi connectivity index (χ0) is 22.0. The van der Waals surface area contributed by atoms with Crippen LogP contribution in [0.2, 0.25) is 18.1 Å². The average molecular weight is 423 g/mol. The van der Waals surface area contributed by atoms with Gasteiger partial charge in [0, 0.05) is 19.3 Å². The molecule has 1 amide bonds. The summed E-state index contributed by atoms with van der Waals surface area (Å²) in [7, 11) is -1.99. The van der Waals surface area contributed by atoms with Crippen LogP contribution in [0.25, 0.3) is 0 Å². The van der Waals surface area contributed by atoms with E-state index in [0.29, 0.717) is 12.2 Å². The fraction of sp³-hybridized carbons (Fsp3) is 0.714. The molecule has 3 N–H and O–H groups in total. The van der Waals surface area contributed by atoms with Crippen LogP contribution in [0.5, 0.6) is 0 Å². The maximum absolute atomic E-state index is 12.5. The number of carbonyl (C=O) groups is 1. The largest absolute Gasteiger partial charge is 0.444 e. The third-order valence-corrected chi connectivity index (χ3v) is 10.2. The Labute approximate surface area is 176 Å². The van der Waals surface area contributed by atoms with E-state index in [1.807, 2.05) is 26.8 Å². The molecule has 0 radical (unpaired) electrons. The number of rotatable bonds is 4. The van der Waals surface area contributed by atoms with E-state index >= 15 is 0 Å². The number of hydrogen-bond donors (Lipinski definition) is 2. The number of alkyl carbamates (subject to hydrolysis) is 1. The summed E-state index contributed by atoms with van der Waals surface area (Å²) >= 11 is 0. The Hall–Kier alpha value is -1.80. The molecule has 0 aromatic carbocycles. The first-order chi connectivity index (χ1) is 13.2. The van der Waals surface area contributed by atoms with Gasteiger partial charge in [0.15, 0.2) is 8.32 Å². The molecule has 1 aliphatic rings. The van der Waals surface area contributed by atoms with E-state index < -0.39 is 20.0 Å². The lowest BCUT2D eigenvalue weighted by Crippen LogP contribution is -2.59. The number of nitrogens with one attached hydrogen (secondary N) is 1. The number of amides is 1. The van der Waals surface area contributed by atoms with Crippen molar-refractivity contribution in [3.8, 4) is 0 Å². The Balaban J connectivity index is 2.22. The maximum atomic E-state index is 12.5. The number of hydrogen-bond acceptors (Lipinski definition) is 6. The van der Waals surface area contributed by atoms with Crippen molar-refractivity contribution in [2.45, 2.75) is 83.8 Å². The first kappa shape index (κ1) is 23.5. The van der Waals surface area contributed by atoms with Gasteiger partial charge in [-0.15, -0.1) is 0 Å². The topological polar surface area (TPSA) is 89.7 Å². The second-order valence-corrected chi connectivity index (χ2v) is 15.1. The van der Waals surface area contributed by atoms with Gasteiger partial charge in [0.2, 0.25) is 0 Å². The van der Waals surface area contributed by atoms with Crippen LogP contribution in [-0.4, -0.2) is 50.2 Å². The summed E-state index contributed by atoms with van der Waals surface area (Å²) in [6.07, 6.45) is 3.71. The van der Waals surface area contributed by atoms with Crippen LogP contribution in [0.4, 0.5) is 16.2 Å². The number of aromatic nitrogens is 1. The van der Waals surface area contributed by atoms with Gasteiger partial charge in [0.05, 0.1) is 29.7 Å². The summed E-state index contributed by atoms with van der Waals surface area (Å²) in [6.45, 7) is 18.2. The van der Waals surface area contributed by atoms with Crippen molar-refractivity contribution >= 4 is 25.8 Å². The molecule has 7 nitrogen and oxygen atoms in total. The minimum absolute atomic E-state index is 0.0669. The van der Waals surface area contributed by atoms with Gasteiger partial charge in [-0.3, -0.25) is 4.98 Å². The molecule has 1 fully saturated rings. The van der Waals surface area contributed by atoms with E-state index in [1.165, 1.54) is 0 Å². The molecule has 0 spiro atoms. The Morgan fingerprint density at radius 2 is 1.93 bits per heavy atom. The molecule has 2 atom stereocenters. The summed E-state index contributed by atoms with van der Waals surface area (Å²) in [5, 5.41) is 3.15. The molecular weight excluding hydrogens is 384 g/mol. The predicted octanol–water partition coefficient (Wildman–Crippen LogP) is 4.16. The van der Waals surface area contributed by atoms with Crippen molar-refractivity contribution in [1.29, 1.82) is 0 Å². The van der Waals surface area contributed by atoms with E-state index in [-0.39, 0.29) is 17.2 Å². The maximum Gasteiger partial charge on any atom is 0.408 e. The Bertz CT molecular complexity index is 713. The number of anilines is 2. The summed E-state index contributed by atoms with van der Waals surface area (Å²) in [4.78, 5) is 18.8. The van der Waals surface area contributed by atoms with Gasteiger partial charge in [-0.2, -0.15) is 0 Å². The second kappa shape index (κ2) is 8.51. The van der Waals surface area contributed by atoms with Crippen molar-refractivity contribution in [2.24, 2.45) is 0 Å². The Kier molecular flexibility index (Phi) is 6.89. The lowest BCUT2D eigenvalue weighted by Gasteiger charge is -2.46. The first-order valence-corrected chi connectivity index (χ1v) is 13.2. The monoisotopic (exact) mass is 422 g/mol. The van der Waals surface area contributed by atoms with Crippen LogP contribution in [0.15, 0.2) is 18.5 Å². The highest BCUT2D eigenvalue weighted by atomic mass is 28.4. The molecule has 2 rings (SSSR count). The number of piperidine rings is 1. The van der Waals surface area contributed by atoms with E-state index in [2.05, 4.69) is 49.1 Å². The molecule has 1 aromatic heterocycles. The minimum Gasteiger partial charge on any atom is -0.444 e. The van der Waals surface area contributed by atoms with E-state index in [4.69, 9.17) is 14.9 Å². The molecule has 1 saturated heterocycles. The number of nitrogens with zero attached hydrogens (tertiary/aromatic N) is 2. The highest BCUT2D eigenvalue weighted by Gasteiger charge is 2.43. The number of nitrogen functional groups attached to an aromatic ring is 1. The molecule has 8 heteroatoms. The molecule has 1 aliphatic heterocycles. The molecule has 1 aromatic rings. The van der Waals surface area contributed by atoms with Crippen LogP contribution in [0.3, 0.4) is 0 Å². The van der Waals surface area contributed by atoms with Crippen molar-refractivity contribution in [1.82, 2.24) is 10.3 Å². The normalized spacial score (nSPS) is 21.0. The second-order valence-electron chi connectivity index (χ2n) is 10.3. The first-order valence-electron chi connectivity index (χ1n) is 10.3. The predicted molar refractivity (Wildman–Crippen MR) is 121 cm³/mol. The van der Waals surface area contributed by atoms with Crippen molar-refractivity contribution in [3.63, 3.8) is 0 Å². The van der Waals surface area contributed by atoms with Gasteiger partial charge in [-0.1, -0.05) is 20.8 Å². The number of pyridine rings is 1. The third-order valence-electron chi connectivity index (χ3n) is 5.67. The molecular formula is C21H38N4O3Si. The Morgan fingerprint density at radius 1 is 1.28 bits per heavy atom. The van der Waals surface area contributed by atoms with Gasteiger partial charge >= 0.3 is 6.09 Å².